The maximum atomic E-state index is 12.9. The molecule has 0 saturated carbocycles. The van der Waals surface area contributed by atoms with Crippen LogP contribution in [-0.2, 0) is 10.0 Å². The summed E-state index contributed by atoms with van der Waals surface area (Å²) in [6, 6.07) is 22.1. The summed E-state index contributed by atoms with van der Waals surface area (Å²) in [6.45, 7) is 9.65. The standard InChI is InChI=1S/C38H42N4O5S/c1-24(2)38(4,5)42-48(44,45)31-16-13-29(14-17-31)40-41-34-23-35(46-6)27(22-36(34)47-7)21-33-25(3)19-26-20-30(15-18-32(26)37(33)43)39-28-11-9-8-10-12-28/h8-24,40-43H,1-7H3/p+1. The van der Waals surface area contributed by atoms with Gasteiger partial charge in [0.2, 0.25) is 21.4 Å². The number of sulfonamides is 1. The highest BCUT2D eigenvalue weighted by Gasteiger charge is 2.29. The van der Waals surface area contributed by atoms with Crippen LogP contribution in [0, 0.1) is 12.8 Å². The van der Waals surface area contributed by atoms with Gasteiger partial charge < -0.3 is 20.0 Å². The highest BCUT2D eigenvalue weighted by atomic mass is 32.2. The number of rotatable bonds is 11. The van der Waals surface area contributed by atoms with E-state index in [0.29, 0.717) is 33.7 Å². The topological polar surface area (TPSA) is 123 Å². The molecule has 0 atom stereocenters. The van der Waals surface area contributed by atoms with E-state index < -0.39 is 15.6 Å². The molecule has 0 aliphatic heterocycles. The van der Waals surface area contributed by atoms with Crippen molar-refractivity contribution in [3.05, 3.63) is 106 Å². The van der Waals surface area contributed by atoms with Gasteiger partial charge in [-0.3, -0.25) is 5.43 Å². The molecule has 0 unspecified atom stereocenters. The summed E-state index contributed by atoms with van der Waals surface area (Å²) >= 11 is 0. The minimum atomic E-state index is -3.69. The second-order valence-electron chi connectivity index (χ2n) is 12.6. The van der Waals surface area contributed by atoms with E-state index >= 15 is 0 Å². The molecule has 9 nitrogen and oxygen atoms in total. The number of aryl methyl sites for hydroxylation is 1. The number of methoxy groups -OCH3 is 2. The monoisotopic (exact) mass is 667 g/mol. The van der Waals surface area contributed by atoms with E-state index in [1.54, 1.807) is 44.6 Å². The quantitative estimate of drug-likeness (QED) is 0.151. The molecule has 0 spiro atoms. The molecule has 0 aromatic heterocycles. The summed E-state index contributed by atoms with van der Waals surface area (Å²) < 4.78 is 40.1. The second kappa shape index (κ2) is 14.0. The van der Waals surface area contributed by atoms with Crippen LogP contribution < -0.4 is 40.5 Å². The third kappa shape index (κ3) is 7.56. The molecule has 5 rings (SSSR count). The maximum Gasteiger partial charge on any atom is 0.241 e. The molecule has 4 aromatic carbocycles. The number of fused-ring (bicyclic) bond motifs is 1. The number of hydrogen-bond acceptors (Lipinski definition) is 7. The first-order valence-electron chi connectivity index (χ1n) is 15.7. The van der Waals surface area contributed by atoms with E-state index in [1.165, 1.54) is 0 Å². The first-order chi connectivity index (χ1) is 22.8. The molecule has 0 fully saturated rings. The van der Waals surface area contributed by atoms with Gasteiger partial charge in [-0.05, 0) is 80.0 Å². The molecule has 0 saturated heterocycles. The molecular formula is C38H43N4O5S+. The van der Waals surface area contributed by atoms with Gasteiger partial charge in [-0.1, -0.05) is 38.1 Å². The fraction of sp³-hybridized carbons (Fsp3) is 0.237. The Morgan fingerprint density at radius 3 is 2.23 bits per heavy atom. The van der Waals surface area contributed by atoms with Gasteiger partial charge in [-0.15, -0.1) is 0 Å². The molecule has 5 N–H and O–H groups in total. The lowest BCUT2D eigenvalue weighted by Gasteiger charge is -2.30. The number of benzene rings is 4. The van der Waals surface area contributed by atoms with Crippen molar-refractivity contribution in [1.82, 2.24) is 4.72 Å². The maximum absolute atomic E-state index is 12.9. The van der Waals surface area contributed by atoms with Gasteiger partial charge in [0.1, 0.15) is 17.2 Å². The third-order valence-electron chi connectivity index (χ3n) is 8.62. The first-order valence-corrected chi connectivity index (χ1v) is 17.1. The Bertz CT molecular complexity index is 2110. The molecule has 0 amide bonds. The third-order valence-corrected chi connectivity index (χ3v) is 10.3. The van der Waals surface area contributed by atoms with Crippen LogP contribution in [-0.4, -0.2) is 39.0 Å². The molecule has 1 aliphatic rings. The number of hydrogen-bond donors (Lipinski definition) is 5. The molecule has 0 heterocycles. The van der Waals surface area contributed by atoms with Crippen molar-refractivity contribution in [3.8, 4) is 17.2 Å². The second-order valence-corrected chi connectivity index (χ2v) is 14.3. The number of ether oxygens (including phenoxy) is 2. The van der Waals surface area contributed by atoms with E-state index in [-0.39, 0.29) is 16.6 Å². The number of hydrazine groups is 1. The molecule has 0 radical (unpaired) electrons. The number of phenols is 1. The number of nitrogens with one attached hydrogen (secondary N) is 4. The van der Waals surface area contributed by atoms with Crippen molar-refractivity contribution >= 4 is 51.0 Å². The van der Waals surface area contributed by atoms with Crippen LogP contribution in [0.1, 0.15) is 44.4 Å². The summed E-state index contributed by atoms with van der Waals surface area (Å²) in [7, 11) is -0.535. The van der Waals surface area contributed by atoms with Crippen molar-refractivity contribution in [3.63, 3.8) is 0 Å². The Kier molecular flexibility index (Phi) is 9.98. The smallest absolute Gasteiger partial charge is 0.241 e. The molecule has 10 heteroatoms. The summed E-state index contributed by atoms with van der Waals surface area (Å²) in [5.74, 6) is 1.38. The Morgan fingerprint density at radius 1 is 0.896 bits per heavy atom. The van der Waals surface area contributed by atoms with Crippen LogP contribution in [0.3, 0.4) is 0 Å². The molecule has 0 bridgehead atoms. The molecule has 1 aliphatic carbocycles. The number of anilines is 2. The van der Waals surface area contributed by atoms with Crippen molar-refractivity contribution in [2.24, 2.45) is 5.92 Å². The van der Waals surface area contributed by atoms with E-state index in [2.05, 4.69) is 26.6 Å². The minimum absolute atomic E-state index is 0.118. The Balaban J connectivity index is 1.40. The van der Waals surface area contributed by atoms with Gasteiger partial charge >= 0.3 is 0 Å². The number of phenolic OH excluding ortho intramolecular Hbond substituents is 1. The van der Waals surface area contributed by atoms with Crippen molar-refractivity contribution in [2.45, 2.75) is 45.1 Å². The highest BCUT2D eigenvalue weighted by Crippen LogP contribution is 2.34. The Hall–Kier alpha value is -5.06. The predicted molar refractivity (Wildman–Crippen MR) is 194 cm³/mol. The largest absolute Gasteiger partial charge is 0.507 e. The van der Waals surface area contributed by atoms with Crippen LogP contribution in [0.15, 0.2) is 83.8 Å². The van der Waals surface area contributed by atoms with Crippen LogP contribution in [0.25, 0.3) is 18.2 Å². The Labute approximate surface area is 282 Å². The molecular weight excluding hydrogens is 625 g/mol. The normalized spacial score (nSPS) is 14.1. The van der Waals surface area contributed by atoms with Gasteiger partial charge in [0.25, 0.3) is 0 Å². The summed E-state index contributed by atoms with van der Waals surface area (Å²) in [5, 5.41) is 13.0. The van der Waals surface area contributed by atoms with E-state index in [1.807, 2.05) is 95.3 Å². The number of aromatic hydroxyl groups is 1. The van der Waals surface area contributed by atoms with Crippen molar-refractivity contribution in [1.29, 1.82) is 0 Å². The fourth-order valence-electron chi connectivity index (χ4n) is 5.16. The number of para-hydroxylation sites is 1. The minimum Gasteiger partial charge on any atom is -0.507 e. The zero-order valence-electron chi connectivity index (χ0n) is 28.3. The lowest BCUT2D eigenvalue weighted by molar-refractivity contribution is -0.350. The van der Waals surface area contributed by atoms with Crippen LogP contribution in [0.5, 0.6) is 17.2 Å². The average molecular weight is 668 g/mol. The van der Waals surface area contributed by atoms with Crippen molar-refractivity contribution in [2.75, 3.05) is 25.1 Å². The van der Waals surface area contributed by atoms with Gasteiger partial charge in [0.05, 0.1) is 30.5 Å². The number of allylic oxidation sites excluding steroid dienone is 1. The SMILES string of the molecule is COc1cc(NNc2ccc(S(=O)(=O)NC(C)(C)C(C)C)cc2)c(OC)cc1C=c1c(C)cc2c(c1O)C=CC(=[NH+]c1ccccc1)C=2. The zero-order valence-corrected chi connectivity index (χ0v) is 29.1. The van der Waals surface area contributed by atoms with Gasteiger partial charge in [0, 0.05) is 52.2 Å². The van der Waals surface area contributed by atoms with E-state index in [0.717, 1.165) is 27.7 Å². The Morgan fingerprint density at radius 2 is 1.58 bits per heavy atom. The molecule has 48 heavy (non-hydrogen) atoms. The summed E-state index contributed by atoms with van der Waals surface area (Å²) in [6.07, 6.45) is 7.76. The van der Waals surface area contributed by atoms with Gasteiger partial charge in [-0.25, -0.2) is 18.1 Å². The van der Waals surface area contributed by atoms with E-state index in [9.17, 15) is 13.5 Å². The van der Waals surface area contributed by atoms with Crippen LogP contribution in [0.2, 0.25) is 0 Å². The van der Waals surface area contributed by atoms with Crippen molar-refractivity contribution < 1.29 is 28.0 Å². The molecule has 250 valence electrons. The average Bonchev–Trinajstić information content (AvgIpc) is 3.05. The van der Waals surface area contributed by atoms with Crippen LogP contribution >= 0.6 is 0 Å². The van der Waals surface area contributed by atoms with Crippen LogP contribution in [0.4, 0.5) is 17.1 Å². The lowest BCUT2D eigenvalue weighted by Crippen LogP contribution is -2.65. The predicted octanol–water partition coefficient (Wildman–Crippen LogP) is 4.36. The zero-order chi connectivity index (χ0) is 34.6. The first kappa shape index (κ1) is 34.3. The highest BCUT2D eigenvalue weighted by molar-refractivity contribution is 7.89. The van der Waals surface area contributed by atoms with E-state index in [4.69, 9.17) is 9.47 Å². The summed E-state index contributed by atoms with van der Waals surface area (Å²) in [5.41, 5.74) is 11.2. The molecule has 4 aromatic rings. The van der Waals surface area contributed by atoms with Gasteiger partial charge in [-0.2, -0.15) is 0 Å². The summed E-state index contributed by atoms with van der Waals surface area (Å²) in [4.78, 5) is 3.58. The fourth-order valence-corrected chi connectivity index (χ4v) is 6.70. The lowest BCUT2D eigenvalue weighted by atomic mass is 9.92. The van der Waals surface area contributed by atoms with Gasteiger partial charge in [0.15, 0.2) is 0 Å².